The van der Waals surface area contributed by atoms with E-state index in [1.807, 2.05) is 13.8 Å². The number of carbonyl (C=O) groups excluding carboxylic acids is 2. The first-order valence-corrected chi connectivity index (χ1v) is 8.84. The van der Waals surface area contributed by atoms with Crippen molar-refractivity contribution in [3.8, 4) is 11.5 Å². The van der Waals surface area contributed by atoms with E-state index in [0.717, 1.165) is 6.42 Å². The van der Waals surface area contributed by atoms with Crippen LogP contribution >= 0.6 is 0 Å². The average molecular weight is 377 g/mol. The number of benzene rings is 1. The van der Waals surface area contributed by atoms with Crippen LogP contribution in [-0.2, 0) is 14.3 Å². The number of rotatable bonds is 8. The summed E-state index contributed by atoms with van der Waals surface area (Å²) in [5, 5.41) is 2.90. The van der Waals surface area contributed by atoms with Gasteiger partial charge in [-0.05, 0) is 37.8 Å². The first-order chi connectivity index (χ1) is 12.5. The maximum absolute atomic E-state index is 12.1. The van der Waals surface area contributed by atoms with Crippen LogP contribution in [0.15, 0.2) is 24.3 Å². The molecule has 0 bridgehead atoms. The number of amides is 1. The Kier molecular flexibility index (Phi) is 7.88. The molecule has 0 unspecified atom stereocenters. The lowest BCUT2D eigenvalue weighted by atomic mass is 9.82. The lowest BCUT2D eigenvalue weighted by Crippen LogP contribution is -2.47. The second-order valence-electron chi connectivity index (χ2n) is 8.19. The van der Waals surface area contributed by atoms with Gasteiger partial charge in [0, 0.05) is 17.2 Å². The number of esters is 1. The summed E-state index contributed by atoms with van der Waals surface area (Å²) in [6.45, 7) is 9.90. The first kappa shape index (κ1) is 22.5. The highest BCUT2D eigenvalue weighted by Gasteiger charge is 2.27. The van der Waals surface area contributed by atoms with Gasteiger partial charge in [0.15, 0.2) is 18.1 Å². The highest BCUT2D eigenvalue weighted by molar-refractivity contribution is 5.90. The van der Waals surface area contributed by atoms with Gasteiger partial charge in [0.25, 0.3) is 5.91 Å². The third-order valence-corrected chi connectivity index (χ3v) is 3.63. The van der Waals surface area contributed by atoms with Crippen molar-refractivity contribution in [2.45, 2.75) is 46.6 Å². The zero-order chi connectivity index (χ0) is 20.7. The van der Waals surface area contributed by atoms with Gasteiger partial charge in [0.05, 0.1) is 14.2 Å². The lowest BCUT2D eigenvalue weighted by molar-refractivity contribution is -0.144. The molecule has 27 heavy (non-hydrogen) atoms. The number of ether oxygens (including phenoxy) is 3. The molecule has 0 aliphatic carbocycles. The molecule has 0 aliphatic heterocycles. The van der Waals surface area contributed by atoms with Crippen LogP contribution < -0.4 is 14.8 Å². The second-order valence-corrected chi connectivity index (χ2v) is 8.19. The number of methoxy groups -OCH3 is 2. The van der Waals surface area contributed by atoms with Gasteiger partial charge in [0.1, 0.15) is 0 Å². The normalized spacial score (nSPS) is 12.0. The fourth-order valence-corrected chi connectivity index (χ4v) is 3.17. The van der Waals surface area contributed by atoms with Gasteiger partial charge in [-0.2, -0.15) is 0 Å². The van der Waals surface area contributed by atoms with Gasteiger partial charge in [-0.15, -0.1) is 0 Å². The Morgan fingerprint density at radius 1 is 1.07 bits per heavy atom. The zero-order valence-electron chi connectivity index (χ0n) is 17.3. The zero-order valence-corrected chi connectivity index (χ0v) is 17.3. The minimum Gasteiger partial charge on any atom is -0.493 e. The number of nitrogens with one attached hydrogen (secondary N) is 1. The van der Waals surface area contributed by atoms with Gasteiger partial charge < -0.3 is 19.5 Å². The van der Waals surface area contributed by atoms with Gasteiger partial charge in [0.2, 0.25) is 0 Å². The molecule has 0 saturated heterocycles. The summed E-state index contributed by atoms with van der Waals surface area (Å²) in [6, 6.07) is 5.34. The number of para-hydroxylation sites is 1. The van der Waals surface area contributed by atoms with Crippen molar-refractivity contribution in [2.24, 2.45) is 5.41 Å². The predicted octanol–water partition coefficient (Wildman–Crippen LogP) is 3.59. The summed E-state index contributed by atoms with van der Waals surface area (Å²) in [6.07, 6.45) is 3.62. The van der Waals surface area contributed by atoms with E-state index in [2.05, 4.69) is 26.1 Å². The van der Waals surface area contributed by atoms with E-state index in [9.17, 15) is 9.59 Å². The van der Waals surface area contributed by atoms with E-state index in [1.165, 1.54) is 13.2 Å². The summed E-state index contributed by atoms with van der Waals surface area (Å²) in [5.74, 6) is 0.146. The Morgan fingerprint density at radius 3 is 2.30 bits per heavy atom. The average Bonchev–Trinajstić information content (AvgIpc) is 2.54. The molecule has 1 amide bonds. The maximum Gasteiger partial charge on any atom is 0.331 e. The predicted molar refractivity (Wildman–Crippen MR) is 106 cm³/mol. The number of hydrogen-bond donors (Lipinski definition) is 1. The molecule has 0 spiro atoms. The Bertz CT molecular complexity index is 686. The highest BCUT2D eigenvalue weighted by atomic mass is 16.5. The standard InChI is InChI=1S/C21H31NO5/c1-20(2,3)14-21(4,5)22-17(23)13-27-18(24)12-11-15-9-8-10-16(25-6)19(15)26-7/h8-12H,13-14H2,1-7H3,(H,22,23)/b12-11+. The van der Waals surface area contributed by atoms with E-state index in [1.54, 1.807) is 31.4 Å². The lowest BCUT2D eigenvalue weighted by Gasteiger charge is -2.33. The summed E-state index contributed by atoms with van der Waals surface area (Å²) >= 11 is 0. The molecule has 0 saturated carbocycles. The van der Waals surface area contributed by atoms with E-state index >= 15 is 0 Å². The molecule has 6 nitrogen and oxygen atoms in total. The molecular formula is C21H31NO5. The maximum atomic E-state index is 12.1. The molecule has 0 heterocycles. The van der Waals surface area contributed by atoms with E-state index in [-0.39, 0.29) is 23.5 Å². The van der Waals surface area contributed by atoms with Crippen LogP contribution in [-0.4, -0.2) is 38.2 Å². The minimum atomic E-state index is -0.608. The Morgan fingerprint density at radius 2 is 1.74 bits per heavy atom. The van der Waals surface area contributed by atoms with Crippen LogP contribution in [0.1, 0.15) is 46.6 Å². The third-order valence-electron chi connectivity index (χ3n) is 3.63. The van der Waals surface area contributed by atoms with Crippen molar-refractivity contribution in [3.63, 3.8) is 0 Å². The molecule has 0 atom stereocenters. The van der Waals surface area contributed by atoms with Crippen LogP contribution in [0.4, 0.5) is 0 Å². The van der Waals surface area contributed by atoms with Gasteiger partial charge in [-0.3, -0.25) is 4.79 Å². The third kappa shape index (κ3) is 8.15. The van der Waals surface area contributed by atoms with Crippen LogP contribution in [0.25, 0.3) is 6.08 Å². The fraction of sp³-hybridized carbons (Fsp3) is 0.524. The first-order valence-electron chi connectivity index (χ1n) is 8.84. The monoisotopic (exact) mass is 377 g/mol. The Balaban J connectivity index is 2.61. The molecule has 1 aromatic rings. The Labute approximate surface area is 161 Å². The fourth-order valence-electron chi connectivity index (χ4n) is 3.17. The van der Waals surface area contributed by atoms with E-state index in [4.69, 9.17) is 14.2 Å². The van der Waals surface area contributed by atoms with Crippen molar-refractivity contribution in [1.82, 2.24) is 5.32 Å². The van der Waals surface area contributed by atoms with Gasteiger partial charge >= 0.3 is 5.97 Å². The largest absolute Gasteiger partial charge is 0.493 e. The molecule has 0 radical (unpaired) electrons. The van der Waals surface area contributed by atoms with Crippen LogP contribution in [0.3, 0.4) is 0 Å². The number of hydrogen-bond acceptors (Lipinski definition) is 5. The Hall–Kier alpha value is -2.50. The molecular weight excluding hydrogens is 346 g/mol. The summed E-state index contributed by atoms with van der Waals surface area (Å²) in [7, 11) is 3.07. The van der Waals surface area contributed by atoms with Crippen LogP contribution in [0.5, 0.6) is 11.5 Å². The molecule has 150 valence electrons. The smallest absolute Gasteiger partial charge is 0.331 e. The minimum absolute atomic E-state index is 0.0754. The topological polar surface area (TPSA) is 73.9 Å². The van der Waals surface area contributed by atoms with Crippen molar-refractivity contribution < 1.29 is 23.8 Å². The van der Waals surface area contributed by atoms with Crippen molar-refractivity contribution >= 4 is 18.0 Å². The second kappa shape index (κ2) is 9.44. The van der Waals surface area contributed by atoms with Gasteiger partial charge in [-0.25, -0.2) is 4.79 Å². The highest BCUT2D eigenvalue weighted by Crippen LogP contribution is 2.31. The van der Waals surface area contributed by atoms with E-state index < -0.39 is 5.97 Å². The van der Waals surface area contributed by atoms with Crippen LogP contribution in [0.2, 0.25) is 0 Å². The molecule has 0 aliphatic rings. The molecule has 6 heteroatoms. The molecule has 0 fully saturated rings. The molecule has 0 aromatic heterocycles. The number of carbonyl (C=O) groups is 2. The van der Waals surface area contributed by atoms with Crippen molar-refractivity contribution in [2.75, 3.05) is 20.8 Å². The molecule has 1 aromatic carbocycles. The summed E-state index contributed by atoms with van der Waals surface area (Å²) in [4.78, 5) is 24.0. The molecule has 1 rings (SSSR count). The van der Waals surface area contributed by atoms with E-state index in [0.29, 0.717) is 17.1 Å². The van der Waals surface area contributed by atoms with Crippen molar-refractivity contribution in [1.29, 1.82) is 0 Å². The molecule has 1 N–H and O–H groups in total. The summed E-state index contributed by atoms with van der Waals surface area (Å²) in [5.41, 5.74) is 0.363. The SMILES string of the molecule is COc1cccc(/C=C/C(=O)OCC(=O)NC(C)(C)CC(C)(C)C)c1OC. The summed E-state index contributed by atoms with van der Waals surface area (Å²) < 4.78 is 15.5. The van der Waals surface area contributed by atoms with Crippen molar-refractivity contribution in [3.05, 3.63) is 29.8 Å². The van der Waals surface area contributed by atoms with Gasteiger partial charge in [-0.1, -0.05) is 32.9 Å². The quantitative estimate of drug-likeness (QED) is 0.554. The van der Waals surface area contributed by atoms with Crippen LogP contribution in [0, 0.1) is 5.41 Å².